The number of nitrogens with two attached hydrogens (primary N) is 1. The number of nitrogens with one attached hydrogen (secondary N) is 2. The van der Waals surface area contributed by atoms with E-state index < -0.39 is 73.0 Å². The molecule has 0 aliphatic rings. The smallest absolute Gasteiger partial charge is 0.408 e. The first-order valence-corrected chi connectivity index (χ1v) is 16.1. The van der Waals surface area contributed by atoms with Crippen molar-refractivity contribution in [2.45, 2.75) is 64.4 Å². The molecule has 0 saturated carbocycles. The Balaban J connectivity index is 1.79. The molecule has 0 fully saturated rings. The summed E-state index contributed by atoms with van der Waals surface area (Å²) < 4.78 is 45.5. The zero-order valence-corrected chi connectivity index (χ0v) is 30.2. The van der Waals surface area contributed by atoms with E-state index in [1.807, 2.05) is 0 Å². The van der Waals surface area contributed by atoms with Crippen molar-refractivity contribution in [3.05, 3.63) is 70.7 Å². The van der Waals surface area contributed by atoms with Crippen molar-refractivity contribution in [2.75, 3.05) is 27.1 Å². The van der Waals surface area contributed by atoms with E-state index in [0.717, 1.165) is 0 Å². The van der Waals surface area contributed by atoms with Gasteiger partial charge in [-0.2, -0.15) is 0 Å². The van der Waals surface area contributed by atoms with E-state index in [1.54, 1.807) is 45.0 Å². The second kappa shape index (κ2) is 18.4. The number of carbonyl (C=O) groups excluding carboxylic acids is 5. The number of benzene rings is 2. The van der Waals surface area contributed by atoms with Crippen LogP contribution in [0.15, 0.2) is 53.1 Å². The van der Waals surface area contributed by atoms with Crippen LogP contribution >= 0.6 is 11.6 Å². The molecule has 3 aromatic rings. The van der Waals surface area contributed by atoms with Gasteiger partial charge in [-0.05, 0) is 69.1 Å². The molecule has 0 aliphatic heterocycles. The zero-order valence-electron chi connectivity index (χ0n) is 29.4. The fraction of sp³-hybridized carbons (Fsp3) is 0.412. The van der Waals surface area contributed by atoms with E-state index in [1.165, 1.54) is 50.2 Å². The Morgan fingerprint density at radius 1 is 1.08 bits per heavy atom. The Labute approximate surface area is 303 Å². The predicted octanol–water partition coefficient (Wildman–Crippen LogP) is 3.55. The monoisotopic (exact) mass is 749 g/mol. The molecule has 0 spiro atoms. The molecule has 2 aromatic carbocycles. The van der Waals surface area contributed by atoms with Crippen LogP contribution in [-0.2, 0) is 39.9 Å². The maximum atomic E-state index is 14.5. The van der Waals surface area contributed by atoms with E-state index in [9.17, 15) is 28.4 Å². The Morgan fingerprint density at radius 3 is 2.37 bits per heavy atom. The maximum Gasteiger partial charge on any atom is 0.408 e. The summed E-state index contributed by atoms with van der Waals surface area (Å²) in [4.78, 5) is 62.9. The number of halogens is 2. The van der Waals surface area contributed by atoms with Gasteiger partial charge in [-0.3, -0.25) is 15.0 Å². The highest BCUT2D eigenvalue weighted by molar-refractivity contribution is 6.30. The van der Waals surface area contributed by atoms with Crippen molar-refractivity contribution < 1.29 is 56.6 Å². The Hall–Kier alpha value is -5.10. The van der Waals surface area contributed by atoms with Crippen LogP contribution in [0.2, 0.25) is 5.02 Å². The standard InChI is InChI=1S/C34H41ClFN5O11/c1-20(37)30(44)50-27(31(45)49-19-48-18-34(5,17-42)38-32(46)51-33(2,3)4)16-41(39-29(43)26-14-28(47-6)40-52-26)15-21-7-9-22(10-8-21)24-13-23(35)11-12-25(24)36/h7-14,17,20,27H,15-16,18-19,37H2,1-6H3,(H,38,46)(H,39,43). The molecule has 1 heterocycles. The molecule has 3 unspecified atom stereocenters. The van der Waals surface area contributed by atoms with Gasteiger partial charge in [0.2, 0.25) is 11.9 Å². The molecule has 1 aromatic heterocycles. The number of aldehydes is 1. The number of rotatable bonds is 17. The third kappa shape index (κ3) is 12.9. The van der Waals surface area contributed by atoms with Gasteiger partial charge in [0, 0.05) is 17.1 Å². The molecule has 0 radical (unpaired) electrons. The fourth-order valence-corrected chi connectivity index (χ4v) is 4.40. The number of nitrogens with zero attached hydrogens (tertiary/aromatic N) is 2. The lowest BCUT2D eigenvalue weighted by molar-refractivity contribution is -0.179. The lowest BCUT2D eigenvalue weighted by atomic mass is 10.0. The number of alkyl carbamates (subject to hydrolysis) is 1. The molecular weight excluding hydrogens is 709 g/mol. The Kier molecular flexibility index (Phi) is 14.6. The van der Waals surface area contributed by atoms with Crippen molar-refractivity contribution >= 4 is 41.8 Å². The molecular formula is C34H41ClFN5O11. The van der Waals surface area contributed by atoms with Crippen LogP contribution < -0.4 is 21.2 Å². The average Bonchev–Trinajstić information content (AvgIpc) is 3.56. The van der Waals surface area contributed by atoms with Crippen LogP contribution in [0.5, 0.6) is 5.88 Å². The summed E-state index contributed by atoms with van der Waals surface area (Å²) in [5.74, 6) is -3.56. The summed E-state index contributed by atoms with van der Waals surface area (Å²) in [7, 11) is 1.33. The van der Waals surface area contributed by atoms with E-state index in [4.69, 9.17) is 45.5 Å². The van der Waals surface area contributed by atoms with Gasteiger partial charge < -0.3 is 44.1 Å². The molecule has 0 saturated heterocycles. The summed E-state index contributed by atoms with van der Waals surface area (Å²) in [6, 6.07) is 10.8. The Morgan fingerprint density at radius 2 is 1.77 bits per heavy atom. The molecule has 18 heteroatoms. The predicted molar refractivity (Wildman–Crippen MR) is 182 cm³/mol. The van der Waals surface area contributed by atoms with Crippen LogP contribution in [0.4, 0.5) is 9.18 Å². The van der Waals surface area contributed by atoms with Gasteiger partial charge in [0.25, 0.3) is 5.88 Å². The number of ether oxygens (including phenoxy) is 5. The molecule has 0 bridgehead atoms. The van der Waals surface area contributed by atoms with Gasteiger partial charge in [0.05, 0.1) is 26.3 Å². The van der Waals surface area contributed by atoms with Crippen LogP contribution in [0.3, 0.4) is 0 Å². The third-order valence-electron chi connectivity index (χ3n) is 6.76. The van der Waals surface area contributed by atoms with E-state index >= 15 is 0 Å². The average molecular weight is 750 g/mol. The highest BCUT2D eigenvalue weighted by Gasteiger charge is 2.32. The first-order valence-electron chi connectivity index (χ1n) is 15.7. The lowest BCUT2D eigenvalue weighted by Gasteiger charge is -2.28. The summed E-state index contributed by atoms with van der Waals surface area (Å²) in [5.41, 5.74) is 7.24. The Bertz CT molecular complexity index is 1710. The minimum atomic E-state index is -1.68. The summed E-state index contributed by atoms with van der Waals surface area (Å²) >= 11 is 6.05. The van der Waals surface area contributed by atoms with Crippen LogP contribution in [0, 0.1) is 5.82 Å². The highest BCUT2D eigenvalue weighted by atomic mass is 35.5. The van der Waals surface area contributed by atoms with E-state index in [2.05, 4.69) is 15.9 Å². The van der Waals surface area contributed by atoms with Crippen molar-refractivity contribution in [1.29, 1.82) is 0 Å². The summed E-state index contributed by atoms with van der Waals surface area (Å²) in [6.45, 7) is 5.93. The van der Waals surface area contributed by atoms with Crippen molar-refractivity contribution in [3.8, 4) is 17.0 Å². The van der Waals surface area contributed by atoms with Crippen molar-refractivity contribution in [3.63, 3.8) is 0 Å². The maximum absolute atomic E-state index is 14.5. The summed E-state index contributed by atoms with van der Waals surface area (Å²) in [6.07, 6.45) is -2.12. The minimum absolute atomic E-state index is 0.0276. The van der Waals surface area contributed by atoms with Crippen molar-refractivity contribution in [1.82, 2.24) is 20.9 Å². The normalized spacial score (nSPS) is 13.7. The largest absolute Gasteiger partial charge is 0.479 e. The third-order valence-corrected chi connectivity index (χ3v) is 7.00. The molecule has 16 nitrogen and oxygen atoms in total. The van der Waals surface area contributed by atoms with Crippen LogP contribution in [0.1, 0.15) is 50.7 Å². The minimum Gasteiger partial charge on any atom is -0.479 e. The number of carbonyl (C=O) groups is 5. The number of esters is 2. The molecule has 52 heavy (non-hydrogen) atoms. The first kappa shape index (κ1) is 41.3. The van der Waals surface area contributed by atoms with Crippen molar-refractivity contribution in [2.24, 2.45) is 5.73 Å². The van der Waals surface area contributed by atoms with Crippen LogP contribution in [-0.4, -0.2) is 90.7 Å². The van der Waals surface area contributed by atoms with Gasteiger partial charge in [-0.15, -0.1) is 0 Å². The van der Waals surface area contributed by atoms with Gasteiger partial charge in [-0.1, -0.05) is 35.9 Å². The highest BCUT2D eigenvalue weighted by Crippen LogP contribution is 2.26. The van der Waals surface area contributed by atoms with E-state index in [-0.39, 0.29) is 23.7 Å². The van der Waals surface area contributed by atoms with Gasteiger partial charge >= 0.3 is 23.9 Å². The molecule has 0 aliphatic carbocycles. The quantitative estimate of drug-likeness (QED) is 0.0450. The molecule has 4 N–H and O–H groups in total. The van der Waals surface area contributed by atoms with Gasteiger partial charge in [-0.25, -0.2) is 19.0 Å². The first-order chi connectivity index (χ1) is 24.4. The molecule has 282 valence electrons. The number of methoxy groups -OCH3 is 1. The number of hydrogen-bond acceptors (Lipinski definition) is 14. The number of amides is 2. The van der Waals surface area contributed by atoms with Gasteiger partial charge in [0.15, 0.2) is 6.79 Å². The second-order valence-electron chi connectivity index (χ2n) is 12.7. The topological polar surface area (TPSA) is 211 Å². The second-order valence-corrected chi connectivity index (χ2v) is 13.1. The number of aromatic nitrogens is 1. The molecule has 3 atom stereocenters. The van der Waals surface area contributed by atoms with Crippen LogP contribution in [0.25, 0.3) is 11.1 Å². The molecule has 3 rings (SSSR count). The lowest BCUT2D eigenvalue weighted by Crippen LogP contribution is -2.52. The summed E-state index contributed by atoms with van der Waals surface area (Å²) in [5, 5.41) is 7.57. The SMILES string of the molecule is COc1cc(C(=O)NN(Cc2ccc(-c3cc(Cl)ccc3F)cc2)CC(OC(=O)C(C)N)C(=O)OCOCC(C)(C=O)NC(=O)OC(C)(C)C)on1. The number of hydrogen-bond donors (Lipinski definition) is 3. The fourth-order valence-electron chi connectivity index (χ4n) is 4.23. The molecule has 2 amide bonds. The van der Waals surface area contributed by atoms with Gasteiger partial charge in [0.1, 0.15) is 29.3 Å². The number of hydrazine groups is 1. The van der Waals surface area contributed by atoms with E-state index in [0.29, 0.717) is 22.4 Å². The zero-order chi connectivity index (χ0) is 38.6.